The molecule has 1 aromatic rings. The third-order valence-electron chi connectivity index (χ3n) is 9.58. The van der Waals surface area contributed by atoms with Crippen molar-refractivity contribution >= 4 is 46.6 Å². The molecule has 216 valence electrons. The van der Waals surface area contributed by atoms with Crippen molar-refractivity contribution in [1.82, 2.24) is 15.1 Å². The number of carbonyl (C=O) groups is 3. The summed E-state index contributed by atoms with van der Waals surface area (Å²) in [7, 11) is 0. The van der Waals surface area contributed by atoms with Crippen LogP contribution < -0.4 is 10.6 Å². The third-order valence-corrected chi connectivity index (χ3v) is 10.0. The van der Waals surface area contributed by atoms with Gasteiger partial charge in [0.2, 0.25) is 17.7 Å². The second-order valence-electron chi connectivity index (χ2n) is 12.1. The summed E-state index contributed by atoms with van der Waals surface area (Å²) in [5, 5.41) is 6.95. The molecule has 1 aliphatic carbocycles. The van der Waals surface area contributed by atoms with E-state index in [4.69, 9.17) is 27.9 Å². The molecule has 5 aliphatic rings. The van der Waals surface area contributed by atoms with Gasteiger partial charge in [-0.1, -0.05) is 61.0 Å². The van der Waals surface area contributed by atoms with Gasteiger partial charge in [-0.3, -0.25) is 19.3 Å². The van der Waals surface area contributed by atoms with Gasteiger partial charge in [-0.05, 0) is 57.4 Å². The molecule has 1 aromatic carbocycles. The minimum absolute atomic E-state index is 0.102. The number of hydrogen-bond donors (Lipinski definition) is 2. The maximum absolute atomic E-state index is 14.2. The Labute approximate surface area is 245 Å². The van der Waals surface area contributed by atoms with E-state index in [9.17, 15) is 14.4 Å². The van der Waals surface area contributed by atoms with E-state index in [1.807, 2.05) is 12.2 Å². The molecular weight excluding hydrogens is 551 g/mol. The van der Waals surface area contributed by atoms with Crippen LogP contribution in [0.1, 0.15) is 58.3 Å². The molecule has 10 heteroatoms. The lowest BCUT2D eigenvalue weighted by molar-refractivity contribution is -0.141. The molecule has 6 atom stereocenters. The van der Waals surface area contributed by atoms with Crippen LogP contribution in [-0.2, 0) is 19.1 Å². The monoisotopic (exact) mass is 588 g/mol. The number of benzene rings is 1. The summed E-state index contributed by atoms with van der Waals surface area (Å²) in [5.41, 5.74) is -0.710. The zero-order valence-corrected chi connectivity index (χ0v) is 24.4. The number of halogens is 2. The number of fused-ring (bicyclic) bond motifs is 1. The largest absolute Gasteiger partial charge is 0.359 e. The molecule has 4 aliphatic heterocycles. The lowest BCUT2D eigenvalue weighted by Gasteiger charge is -2.37. The van der Waals surface area contributed by atoms with E-state index in [1.54, 1.807) is 23.1 Å². The number of likely N-dealkylation sites (tertiary alicyclic amines) is 2. The molecular formula is C30H38Cl2N4O4. The molecule has 3 amide bonds. The number of amides is 3. The van der Waals surface area contributed by atoms with Gasteiger partial charge in [-0.25, -0.2) is 0 Å². The van der Waals surface area contributed by atoms with Crippen LogP contribution in [0.2, 0.25) is 10.0 Å². The third kappa shape index (κ3) is 5.06. The molecule has 0 aromatic heterocycles. The molecule has 1 saturated carbocycles. The number of hydrogen-bond acceptors (Lipinski definition) is 5. The van der Waals surface area contributed by atoms with Crippen molar-refractivity contribution in [2.45, 2.75) is 88.1 Å². The molecule has 40 heavy (non-hydrogen) atoms. The van der Waals surface area contributed by atoms with Crippen molar-refractivity contribution in [1.29, 1.82) is 0 Å². The van der Waals surface area contributed by atoms with Crippen LogP contribution in [0.15, 0.2) is 30.4 Å². The molecule has 8 nitrogen and oxygen atoms in total. The molecule has 4 heterocycles. The first-order chi connectivity index (χ1) is 19.3. The zero-order chi connectivity index (χ0) is 28.0. The van der Waals surface area contributed by atoms with Crippen LogP contribution in [0.25, 0.3) is 0 Å². The number of nitrogens with zero attached hydrogens (tertiary/aromatic N) is 2. The first-order valence-electron chi connectivity index (χ1n) is 14.8. The van der Waals surface area contributed by atoms with Crippen LogP contribution in [0.4, 0.5) is 5.69 Å². The molecule has 0 radical (unpaired) electrons. The Morgan fingerprint density at radius 2 is 1.73 bits per heavy atom. The molecule has 3 saturated heterocycles. The Morgan fingerprint density at radius 1 is 1.00 bits per heavy atom. The fourth-order valence-electron chi connectivity index (χ4n) is 7.61. The molecule has 2 bridgehead atoms. The fourth-order valence-corrected chi connectivity index (χ4v) is 8.14. The van der Waals surface area contributed by atoms with Gasteiger partial charge in [0.1, 0.15) is 11.6 Å². The number of nitrogens with one attached hydrogen (secondary N) is 2. The summed E-state index contributed by atoms with van der Waals surface area (Å²) in [6.07, 6.45) is 11.9. The van der Waals surface area contributed by atoms with E-state index in [2.05, 4.69) is 22.5 Å². The van der Waals surface area contributed by atoms with Gasteiger partial charge in [0.05, 0.1) is 17.9 Å². The first kappa shape index (κ1) is 28.0. The highest BCUT2D eigenvalue weighted by Crippen LogP contribution is 2.55. The first-order valence-corrected chi connectivity index (χ1v) is 15.5. The molecule has 2 N–H and O–H groups in total. The van der Waals surface area contributed by atoms with Crippen LogP contribution in [0.5, 0.6) is 0 Å². The lowest BCUT2D eigenvalue weighted by Crippen LogP contribution is -2.57. The highest BCUT2D eigenvalue weighted by Gasteiger charge is 2.72. The maximum atomic E-state index is 14.2. The number of piperidine rings is 1. The van der Waals surface area contributed by atoms with Crippen molar-refractivity contribution in [2.24, 2.45) is 11.8 Å². The van der Waals surface area contributed by atoms with Gasteiger partial charge in [0.15, 0.2) is 0 Å². The van der Waals surface area contributed by atoms with E-state index >= 15 is 0 Å². The Bertz CT molecular complexity index is 1180. The van der Waals surface area contributed by atoms with Gasteiger partial charge in [0.25, 0.3) is 0 Å². The smallest absolute Gasteiger partial charge is 0.246 e. The van der Waals surface area contributed by atoms with Gasteiger partial charge in [-0.2, -0.15) is 0 Å². The summed E-state index contributed by atoms with van der Waals surface area (Å²) < 4.78 is 6.48. The minimum atomic E-state index is -1.16. The van der Waals surface area contributed by atoms with E-state index in [0.717, 1.165) is 45.1 Å². The summed E-state index contributed by atoms with van der Waals surface area (Å²) in [6, 6.07) is 4.56. The number of ether oxygens (including phenoxy) is 1. The quantitative estimate of drug-likeness (QED) is 0.460. The Morgan fingerprint density at radius 3 is 2.45 bits per heavy atom. The summed E-state index contributed by atoms with van der Waals surface area (Å²) in [4.78, 5) is 46.0. The topological polar surface area (TPSA) is 91.0 Å². The van der Waals surface area contributed by atoms with E-state index in [-0.39, 0.29) is 23.8 Å². The van der Waals surface area contributed by atoms with Gasteiger partial charge >= 0.3 is 0 Å². The van der Waals surface area contributed by atoms with Gasteiger partial charge in [0, 0.05) is 40.9 Å². The Balaban J connectivity index is 1.27. The van der Waals surface area contributed by atoms with E-state index < -0.39 is 29.6 Å². The van der Waals surface area contributed by atoms with Crippen LogP contribution >= 0.6 is 23.2 Å². The predicted octanol–water partition coefficient (Wildman–Crippen LogP) is 4.41. The predicted molar refractivity (Wildman–Crippen MR) is 154 cm³/mol. The van der Waals surface area contributed by atoms with Crippen LogP contribution in [-0.4, -0.2) is 77.0 Å². The second kappa shape index (κ2) is 11.3. The van der Waals surface area contributed by atoms with Crippen molar-refractivity contribution in [3.05, 3.63) is 40.4 Å². The van der Waals surface area contributed by atoms with Crippen LogP contribution in [0.3, 0.4) is 0 Å². The average molecular weight is 590 g/mol. The SMILES string of the molecule is C[C@@H]1CCCCN1CCN1C(=O)[C@@H]2[C@@H](C(=O)Nc3cc(Cl)cc(Cl)c3)[C@@H]3C=C[C@@]2(O3)[C@@H]1C(=O)NC1CCCCC1. The van der Waals surface area contributed by atoms with Crippen LogP contribution in [0, 0.1) is 11.8 Å². The Hall–Kier alpha value is -2.13. The van der Waals surface area contributed by atoms with Crippen molar-refractivity contribution in [3.8, 4) is 0 Å². The summed E-state index contributed by atoms with van der Waals surface area (Å²) in [6.45, 7) is 4.32. The lowest BCUT2D eigenvalue weighted by atomic mass is 9.74. The summed E-state index contributed by atoms with van der Waals surface area (Å²) in [5.74, 6) is -2.25. The van der Waals surface area contributed by atoms with Gasteiger partial charge < -0.3 is 20.3 Å². The molecule has 0 unspecified atom stereocenters. The second-order valence-corrected chi connectivity index (χ2v) is 13.0. The number of rotatable bonds is 7. The zero-order valence-electron chi connectivity index (χ0n) is 22.9. The minimum Gasteiger partial charge on any atom is -0.359 e. The van der Waals surface area contributed by atoms with E-state index in [0.29, 0.717) is 34.9 Å². The average Bonchev–Trinajstić information content (AvgIpc) is 3.55. The molecule has 1 spiro atoms. The van der Waals surface area contributed by atoms with Crippen molar-refractivity contribution in [2.75, 3.05) is 25.0 Å². The summed E-state index contributed by atoms with van der Waals surface area (Å²) >= 11 is 12.3. The normalized spacial score (nSPS) is 33.8. The highest BCUT2D eigenvalue weighted by atomic mass is 35.5. The maximum Gasteiger partial charge on any atom is 0.246 e. The highest BCUT2D eigenvalue weighted by molar-refractivity contribution is 6.35. The standard InChI is InChI=1S/C30H38Cl2N4O4/c1-18-7-5-6-12-35(18)13-14-36-26(28(38)33-21-8-3-2-4-9-21)30-11-10-23(40-30)24(25(30)29(36)39)27(37)34-22-16-19(31)15-20(32)17-22/h10-11,15-18,21,23-26H,2-9,12-14H2,1H3,(H,33,38)(H,34,37)/t18-,23+,24+,25+,26+,30+/m1/s1. The number of carbonyl (C=O) groups excluding carboxylic acids is 3. The Kier molecular flexibility index (Phi) is 7.89. The number of anilines is 1. The van der Waals surface area contributed by atoms with Crippen molar-refractivity contribution in [3.63, 3.8) is 0 Å². The van der Waals surface area contributed by atoms with Crippen molar-refractivity contribution < 1.29 is 19.1 Å². The fraction of sp³-hybridized carbons (Fsp3) is 0.633. The molecule has 6 rings (SSSR count). The van der Waals surface area contributed by atoms with Gasteiger partial charge in [-0.15, -0.1) is 0 Å². The molecule has 4 fully saturated rings. The van der Waals surface area contributed by atoms with E-state index in [1.165, 1.54) is 12.8 Å².